The van der Waals surface area contributed by atoms with E-state index in [1.54, 1.807) is 6.20 Å². The van der Waals surface area contributed by atoms with Crippen LogP contribution < -0.4 is 10.6 Å². The number of hydrogen-bond donors (Lipinski definition) is 3. The summed E-state index contributed by atoms with van der Waals surface area (Å²) in [5, 5.41) is 16.9. The molecule has 1 aliphatic carbocycles. The number of rotatable bonds is 6. The average Bonchev–Trinajstić information content (AvgIpc) is 3.22. The number of aromatic nitrogens is 1. The lowest BCUT2D eigenvalue weighted by molar-refractivity contribution is -0.137. The van der Waals surface area contributed by atoms with Crippen molar-refractivity contribution in [2.75, 3.05) is 19.6 Å². The van der Waals surface area contributed by atoms with E-state index in [1.165, 1.54) is 17.4 Å². The van der Waals surface area contributed by atoms with Crippen molar-refractivity contribution < 1.29 is 27.9 Å². The molecule has 2 aliphatic rings. The van der Waals surface area contributed by atoms with Crippen molar-refractivity contribution >= 4 is 23.2 Å². The second kappa shape index (κ2) is 9.63. The lowest BCUT2D eigenvalue weighted by Gasteiger charge is -2.47. The highest BCUT2D eigenvalue weighted by Crippen LogP contribution is 2.40. The van der Waals surface area contributed by atoms with Gasteiger partial charge in [-0.05, 0) is 50.8 Å². The minimum Gasteiger partial charge on any atom is -0.383 e. The fourth-order valence-corrected chi connectivity index (χ4v) is 5.42. The van der Waals surface area contributed by atoms with Gasteiger partial charge in [0.1, 0.15) is 10.6 Å². The Kier molecular flexibility index (Phi) is 6.97. The van der Waals surface area contributed by atoms with Gasteiger partial charge < -0.3 is 15.7 Å². The van der Waals surface area contributed by atoms with Gasteiger partial charge in [0.05, 0.1) is 18.2 Å². The van der Waals surface area contributed by atoms with Crippen molar-refractivity contribution in [3.63, 3.8) is 0 Å². The maximum absolute atomic E-state index is 12.8. The van der Waals surface area contributed by atoms with Gasteiger partial charge in [0, 0.05) is 35.8 Å². The standard InChI is InChI=1S/C23H27F3N4O3S/c1-14-10-28-21(34-14)22(33)7-5-18(6-8-22)30-12-17(13-30)29-19(31)11-27-20(32)15-3-2-4-16(9-15)23(24,25)26/h2-4,9-10,17-18,33H,5-8,11-13H2,1H3,(H,27,32)(H,29,31). The number of hydrogen-bond acceptors (Lipinski definition) is 6. The molecule has 0 radical (unpaired) electrons. The van der Waals surface area contributed by atoms with Crippen LogP contribution >= 0.6 is 11.3 Å². The molecule has 7 nitrogen and oxygen atoms in total. The molecule has 1 aromatic heterocycles. The van der Waals surface area contributed by atoms with Gasteiger partial charge in [-0.1, -0.05) is 6.07 Å². The molecule has 184 valence electrons. The molecule has 2 aromatic rings. The van der Waals surface area contributed by atoms with E-state index in [9.17, 15) is 27.9 Å². The Hall–Kier alpha value is -2.50. The predicted molar refractivity (Wildman–Crippen MR) is 120 cm³/mol. The first kappa shape index (κ1) is 24.6. The Morgan fingerprint density at radius 2 is 1.97 bits per heavy atom. The van der Waals surface area contributed by atoms with Crippen LogP contribution in [-0.2, 0) is 16.6 Å². The first-order chi connectivity index (χ1) is 16.0. The average molecular weight is 497 g/mol. The van der Waals surface area contributed by atoms with Crippen LogP contribution in [0.15, 0.2) is 30.5 Å². The van der Waals surface area contributed by atoms with Gasteiger partial charge in [-0.2, -0.15) is 13.2 Å². The molecule has 1 aliphatic heterocycles. The van der Waals surface area contributed by atoms with E-state index in [4.69, 9.17) is 0 Å². The number of likely N-dealkylation sites (tertiary alicyclic amines) is 1. The number of nitrogens with one attached hydrogen (secondary N) is 2. The number of nitrogens with zero attached hydrogens (tertiary/aromatic N) is 2. The first-order valence-electron chi connectivity index (χ1n) is 11.2. The summed E-state index contributed by atoms with van der Waals surface area (Å²) in [6.07, 6.45) is 0.251. The number of alkyl halides is 3. The Balaban J connectivity index is 1.17. The Bertz CT molecular complexity index is 1040. The van der Waals surface area contributed by atoms with Crippen molar-refractivity contribution in [2.45, 2.75) is 56.5 Å². The zero-order chi connectivity index (χ0) is 24.5. The van der Waals surface area contributed by atoms with Crippen molar-refractivity contribution in [3.8, 4) is 0 Å². The van der Waals surface area contributed by atoms with Crippen molar-refractivity contribution in [1.29, 1.82) is 0 Å². The smallest absolute Gasteiger partial charge is 0.383 e. The van der Waals surface area contributed by atoms with Crippen LogP contribution in [0.5, 0.6) is 0 Å². The van der Waals surface area contributed by atoms with Crippen LogP contribution in [0.4, 0.5) is 13.2 Å². The Morgan fingerprint density at radius 3 is 2.59 bits per heavy atom. The Morgan fingerprint density at radius 1 is 1.26 bits per heavy atom. The molecule has 1 saturated heterocycles. The van der Waals surface area contributed by atoms with Crippen LogP contribution in [-0.4, -0.2) is 58.5 Å². The van der Waals surface area contributed by atoms with Gasteiger partial charge in [-0.15, -0.1) is 11.3 Å². The van der Waals surface area contributed by atoms with Crippen LogP contribution in [0.1, 0.15) is 51.5 Å². The molecule has 2 amide bonds. The zero-order valence-electron chi connectivity index (χ0n) is 18.7. The molecule has 1 aromatic carbocycles. The van der Waals surface area contributed by atoms with Gasteiger partial charge in [0.2, 0.25) is 5.91 Å². The van der Waals surface area contributed by atoms with Crippen molar-refractivity contribution in [3.05, 3.63) is 51.5 Å². The maximum Gasteiger partial charge on any atom is 0.416 e. The third-order valence-electron chi connectivity index (χ3n) is 6.45. The topological polar surface area (TPSA) is 94.6 Å². The zero-order valence-corrected chi connectivity index (χ0v) is 19.5. The van der Waals surface area contributed by atoms with Crippen LogP contribution in [0.2, 0.25) is 0 Å². The van der Waals surface area contributed by atoms with E-state index in [0.717, 1.165) is 40.9 Å². The first-order valence-corrected chi connectivity index (χ1v) is 12.0. The molecule has 2 fully saturated rings. The third-order valence-corrected chi connectivity index (χ3v) is 7.56. The van der Waals surface area contributed by atoms with E-state index in [1.807, 2.05) is 6.92 Å². The SMILES string of the molecule is Cc1cnc(C2(O)CCC(N3CC(NC(=O)CNC(=O)c4cccc(C(F)(F)F)c4)C3)CC2)s1. The lowest BCUT2D eigenvalue weighted by Crippen LogP contribution is -2.63. The number of halogens is 3. The molecule has 4 rings (SSSR count). The minimum atomic E-state index is -4.54. The maximum atomic E-state index is 12.8. The number of aryl methyl sites for hydroxylation is 1. The highest BCUT2D eigenvalue weighted by atomic mass is 32.1. The molecule has 0 spiro atoms. The molecule has 0 unspecified atom stereocenters. The summed E-state index contributed by atoms with van der Waals surface area (Å²) in [6, 6.07) is 4.38. The van der Waals surface area contributed by atoms with Gasteiger partial charge in [0.25, 0.3) is 5.91 Å². The fourth-order valence-electron chi connectivity index (χ4n) is 4.51. The number of aliphatic hydroxyl groups is 1. The fraction of sp³-hybridized carbons (Fsp3) is 0.522. The van der Waals surface area contributed by atoms with Crippen molar-refractivity contribution in [1.82, 2.24) is 20.5 Å². The van der Waals surface area contributed by atoms with E-state index in [-0.39, 0.29) is 24.1 Å². The molecule has 1 saturated carbocycles. The minimum absolute atomic E-state index is 0.0413. The predicted octanol–water partition coefficient (Wildman–Crippen LogP) is 2.83. The summed E-state index contributed by atoms with van der Waals surface area (Å²) in [7, 11) is 0. The van der Waals surface area contributed by atoms with E-state index in [0.29, 0.717) is 32.0 Å². The number of carbonyl (C=O) groups is 2. The second-order valence-corrected chi connectivity index (χ2v) is 10.3. The number of thiazole rings is 1. The quantitative estimate of drug-likeness (QED) is 0.572. The molecular weight excluding hydrogens is 469 g/mol. The van der Waals surface area contributed by atoms with Gasteiger partial charge in [0.15, 0.2) is 0 Å². The van der Waals surface area contributed by atoms with Crippen molar-refractivity contribution in [2.24, 2.45) is 0 Å². The summed E-state index contributed by atoms with van der Waals surface area (Å²) in [5.74, 6) is -1.12. The molecule has 0 bridgehead atoms. The van der Waals surface area contributed by atoms with Crippen LogP contribution in [0.3, 0.4) is 0 Å². The van der Waals surface area contributed by atoms with Gasteiger partial charge >= 0.3 is 6.18 Å². The van der Waals surface area contributed by atoms with E-state index >= 15 is 0 Å². The largest absolute Gasteiger partial charge is 0.416 e. The molecule has 34 heavy (non-hydrogen) atoms. The molecular formula is C23H27F3N4O3S. The summed E-state index contributed by atoms with van der Waals surface area (Å²) < 4.78 is 38.4. The summed E-state index contributed by atoms with van der Waals surface area (Å²) in [4.78, 5) is 32.0. The second-order valence-electron chi connectivity index (χ2n) is 9.02. The number of benzene rings is 1. The Labute approximate surface area is 199 Å². The highest BCUT2D eigenvalue weighted by molar-refractivity contribution is 7.11. The third kappa shape index (κ3) is 5.59. The molecule has 3 N–H and O–H groups in total. The van der Waals surface area contributed by atoms with Gasteiger partial charge in [-0.3, -0.25) is 14.5 Å². The van der Waals surface area contributed by atoms with Crippen LogP contribution in [0.25, 0.3) is 0 Å². The number of carbonyl (C=O) groups excluding carboxylic acids is 2. The summed E-state index contributed by atoms with van der Waals surface area (Å²) in [5.41, 5.74) is -1.92. The molecule has 0 atom stereocenters. The van der Waals surface area contributed by atoms with Crippen LogP contribution in [0, 0.1) is 6.92 Å². The lowest BCUT2D eigenvalue weighted by atomic mass is 9.81. The van der Waals surface area contributed by atoms with E-state index < -0.39 is 23.2 Å². The summed E-state index contributed by atoms with van der Waals surface area (Å²) >= 11 is 1.53. The summed E-state index contributed by atoms with van der Waals surface area (Å²) in [6.45, 7) is 3.04. The normalized spacial score (nSPS) is 23.9. The van der Waals surface area contributed by atoms with E-state index in [2.05, 4.69) is 20.5 Å². The monoisotopic (exact) mass is 496 g/mol. The molecule has 2 heterocycles. The number of amides is 2. The van der Waals surface area contributed by atoms with Gasteiger partial charge in [-0.25, -0.2) is 4.98 Å². The molecule has 11 heteroatoms. The highest BCUT2D eigenvalue weighted by Gasteiger charge is 2.41.